The van der Waals surface area contributed by atoms with E-state index in [0.717, 1.165) is 11.8 Å². The standard InChI is InChI=1S/C16H17N3O5S/c20-14-8-25-16(22)19(14)11-3-5-18(6-4-11)15(21)17-10-1-2-12-13(7-10)24-9-23-12/h1-2,7,11H,3-6,8-9H2,(H,17,21). The highest BCUT2D eigenvalue weighted by Crippen LogP contribution is 2.34. The van der Waals surface area contributed by atoms with Gasteiger partial charge in [-0.05, 0) is 25.0 Å². The summed E-state index contributed by atoms with van der Waals surface area (Å²) in [6, 6.07) is 4.94. The Kier molecular flexibility index (Phi) is 4.16. The van der Waals surface area contributed by atoms with Crippen LogP contribution in [0, 0.1) is 0 Å². The number of imide groups is 1. The lowest BCUT2D eigenvalue weighted by molar-refractivity contribution is -0.126. The van der Waals surface area contributed by atoms with E-state index in [1.165, 1.54) is 4.90 Å². The molecule has 25 heavy (non-hydrogen) atoms. The van der Waals surface area contributed by atoms with Crippen LogP contribution >= 0.6 is 11.8 Å². The molecule has 0 aliphatic carbocycles. The number of hydrogen-bond acceptors (Lipinski definition) is 6. The largest absolute Gasteiger partial charge is 0.454 e. The maximum Gasteiger partial charge on any atom is 0.321 e. The summed E-state index contributed by atoms with van der Waals surface area (Å²) in [4.78, 5) is 39.1. The first-order valence-electron chi connectivity index (χ1n) is 8.06. The van der Waals surface area contributed by atoms with Crippen molar-refractivity contribution in [3.63, 3.8) is 0 Å². The number of hydrogen-bond donors (Lipinski definition) is 1. The molecule has 1 aromatic carbocycles. The second-order valence-electron chi connectivity index (χ2n) is 6.03. The van der Waals surface area contributed by atoms with Crippen molar-refractivity contribution in [3.8, 4) is 11.5 Å². The van der Waals surface area contributed by atoms with Crippen molar-refractivity contribution in [3.05, 3.63) is 18.2 Å². The van der Waals surface area contributed by atoms with Crippen LogP contribution in [0.2, 0.25) is 0 Å². The van der Waals surface area contributed by atoms with E-state index in [2.05, 4.69) is 5.32 Å². The lowest BCUT2D eigenvalue weighted by Gasteiger charge is -2.35. The minimum Gasteiger partial charge on any atom is -0.454 e. The SMILES string of the molecule is O=C(Nc1ccc2c(c1)OCO2)N1CCC(N2C(=O)CSC2=O)CC1. The van der Waals surface area contributed by atoms with Gasteiger partial charge in [0.05, 0.1) is 5.75 Å². The monoisotopic (exact) mass is 363 g/mol. The molecule has 132 valence electrons. The first-order chi connectivity index (χ1) is 12.1. The molecule has 0 radical (unpaired) electrons. The van der Waals surface area contributed by atoms with Gasteiger partial charge >= 0.3 is 6.03 Å². The van der Waals surface area contributed by atoms with Gasteiger partial charge < -0.3 is 19.7 Å². The Bertz CT molecular complexity index is 716. The van der Waals surface area contributed by atoms with Crippen LogP contribution in [0.1, 0.15) is 12.8 Å². The number of fused-ring (bicyclic) bond motifs is 1. The number of nitrogens with zero attached hydrogens (tertiary/aromatic N) is 2. The molecule has 2 fully saturated rings. The van der Waals surface area contributed by atoms with Crippen LogP contribution in [-0.2, 0) is 4.79 Å². The molecule has 3 aliphatic rings. The van der Waals surface area contributed by atoms with E-state index >= 15 is 0 Å². The van der Waals surface area contributed by atoms with E-state index in [4.69, 9.17) is 9.47 Å². The molecular weight excluding hydrogens is 346 g/mol. The maximum atomic E-state index is 12.4. The molecule has 0 aromatic heterocycles. The van der Waals surface area contributed by atoms with Gasteiger partial charge in [-0.25, -0.2) is 4.79 Å². The number of carbonyl (C=O) groups is 3. The smallest absolute Gasteiger partial charge is 0.321 e. The van der Waals surface area contributed by atoms with Crippen LogP contribution < -0.4 is 14.8 Å². The highest BCUT2D eigenvalue weighted by molar-refractivity contribution is 8.14. The summed E-state index contributed by atoms with van der Waals surface area (Å²) in [6.07, 6.45) is 1.21. The summed E-state index contributed by atoms with van der Waals surface area (Å²) in [5, 5.41) is 2.67. The van der Waals surface area contributed by atoms with Gasteiger partial charge in [0.25, 0.3) is 5.24 Å². The van der Waals surface area contributed by atoms with E-state index in [9.17, 15) is 14.4 Å². The third kappa shape index (κ3) is 3.11. The van der Waals surface area contributed by atoms with Gasteiger partial charge in [0.1, 0.15) is 0 Å². The molecule has 0 bridgehead atoms. The van der Waals surface area contributed by atoms with Crippen molar-refractivity contribution in [1.82, 2.24) is 9.80 Å². The first-order valence-corrected chi connectivity index (χ1v) is 9.05. The summed E-state index contributed by atoms with van der Waals surface area (Å²) in [5.41, 5.74) is 0.637. The minimum atomic E-state index is -0.203. The first kappa shape index (κ1) is 16.1. The Morgan fingerprint density at radius 3 is 2.64 bits per heavy atom. The van der Waals surface area contributed by atoms with Gasteiger partial charge in [-0.15, -0.1) is 0 Å². The average molecular weight is 363 g/mol. The molecule has 0 atom stereocenters. The lowest BCUT2D eigenvalue weighted by atomic mass is 10.0. The molecule has 0 saturated carbocycles. The average Bonchev–Trinajstić information content (AvgIpc) is 3.21. The van der Waals surface area contributed by atoms with E-state index < -0.39 is 0 Å². The van der Waals surface area contributed by atoms with Crippen molar-refractivity contribution >= 4 is 34.6 Å². The number of rotatable bonds is 2. The summed E-state index contributed by atoms with van der Waals surface area (Å²) in [7, 11) is 0. The highest BCUT2D eigenvalue weighted by atomic mass is 32.2. The van der Waals surface area contributed by atoms with Gasteiger partial charge in [0.15, 0.2) is 11.5 Å². The van der Waals surface area contributed by atoms with Gasteiger partial charge in [-0.3, -0.25) is 14.5 Å². The van der Waals surface area contributed by atoms with Crippen LogP contribution in [0.3, 0.4) is 0 Å². The van der Waals surface area contributed by atoms with Crippen LogP contribution in [0.25, 0.3) is 0 Å². The van der Waals surface area contributed by atoms with Crippen LogP contribution in [0.4, 0.5) is 15.3 Å². The number of ether oxygens (including phenoxy) is 2. The quantitative estimate of drug-likeness (QED) is 0.866. The van der Waals surface area contributed by atoms with Crippen molar-refractivity contribution in [1.29, 1.82) is 0 Å². The van der Waals surface area contributed by atoms with Crippen LogP contribution in [-0.4, -0.2) is 58.7 Å². The van der Waals surface area contributed by atoms with Gasteiger partial charge in [0.2, 0.25) is 12.7 Å². The maximum absolute atomic E-state index is 12.4. The fourth-order valence-electron chi connectivity index (χ4n) is 3.22. The number of benzene rings is 1. The fraction of sp³-hybridized carbons (Fsp3) is 0.438. The lowest BCUT2D eigenvalue weighted by Crippen LogP contribution is -2.49. The molecule has 4 amide bonds. The number of piperidine rings is 1. The van der Waals surface area contributed by atoms with Gasteiger partial charge in [-0.1, -0.05) is 11.8 Å². The molecule has 4 rings (SSSR count). The zero-order valence-corrected chi connectivity index (χ0v) is 14.2. The van der Waals surface area contributed by atoms with E-state index in [0.29, 0.717) is 43.1 Å². The molecule has 1 N–H and O–H groups in total. The Morgan fingerprint density at radius 2 is 1.92 bits per heavy atom. The van der Waals surface area contributed by atoms with E-state index in [-0.39, 0.29) is 35.8 Å². The number of amides is 4. The Labute approximate surface area is 148 Å². The van der Waals surface area contributed by atoms with Crippen molar-refractivity contribution in [2.45, 2.75) is 18.9 Å². The molecule has 0 unspecified atom stereocenters. The molecule has 1 aromatic rings. The predicted molar refractivity (Wildman–Crippen MR) is 90.9 cm³/mol. The number of urea groups is 1. The molecule has 8 nitrogen and oxygen atoms in total. The number of nitrogens with one attached hydrogen (secondary N) is 1. The number of anilines is 1. The van der Waals surface area contributed by atoms with Crippen molar-refractivity contribution in [2.24, 2.45) is 0 Å². The highest BCUT2D eigenvalue weighted by Gasteiger charge is 2.37. The Morgan fingerprint density at radius 1 is 1.16 bits per heavy atom. The molecule has 0 spiro atoms. The molecule has 3 heterocycles. The van der Waals surface area contributed by atoms with Gasteiger partial charge in [-0.2, -0.15) is 0 Å². The molecule has 2 saturated heterocycles. The van der Waals surface area contributed by atoms with Crippen molar-refractivity contribution in [2.75, 3.05) is 31.0 Å². The topological polar surface area (TPSA) is 88.2 Å². The fourth-order valence-corrected chi connectivity index (χ4v) is 4.00. The minimum absolute atomic E-state index is 0.107. The second-order valence-corrected chi connectivity index (χ2v) is 6.96. The third-order valence-corrected chi connectivity index (χ3v) is 5.36. The normalized spacial score (nSPS) is 20.3. The van der Waals surface area contributed by atoms with Crippen LogP contribution in [0.15, 0.2) is 18.2 Å². The summed E-state index contributed by atoms with van der Waals surface area (Å²) >= 11 is 1.05. The third-order valence-electron chi connectivity index (χ3n) is 4.53. The molecule has 9 heteroatoms. The predicted octanol–water partition coefficient (Wildman–Crippen LogP) is 2.11. The van der Waals surface area contributed by atoms with E-state index in [1.54, 1.807) is 23.1 Å². The Balaban J connectivity index is 1.34. The number of carbonyl (C=O) groups excluding carboxylic acids is 3. The van der Waals surface area contributed by atoms with Gasteiger partial charge in [0, 0.05) is 30.9 Å². The second kappa shape index (κ2) is 6.47. The zero-order chi connectivity index (χ0) is 17.4. The number of likely N-dealkylation sites (tertiary alicyclic amines) is 1. The summed E-state index contributed by atoms with van der Waals surface area (Å²) in [5.74, 6) is 1.37. The summed E-state index contributed by atoms with van der Waals surface area (Å²) < 4.78 is 10.5. The zero-order valence-electron chi connectivity index (χ0n) is 13.4. The Hall–Kier alpha value is -2.42. The molecular formula is C16H17N3O5S. The summed E-state index contributed by atoms with van der Waals surface area (Å²) in [6.45, 7) is 1.19. The van der Waals surface area contributed by atoms with Crippen LogP contribution in [0.5, 0.6) is 11.5 Å². The molecule has 3 aliphatic heterocycles. The van der Waals surface area contributed by atoms with Crippen molar-refractivity contribution < 1.29 is 23.9 Å². The number of thioether (sulfide) groups is 1. The van der Waals surface area contributed by atoms with E-state index in [1.807, 2.05) is 0 Å².